The molecule has 3 rings (SSSR count). The molecule has 0 saturated heterocycles. The van der Waals surface area contributed by atoms with E-state index in [0.717, 1.165) is 9.10 Å². The van der Waals surface area contributed by atoms with E-state index < -0.39 is 12.0 Å². The molecule has 10 heteroatoms. The highest BCUT2D eigenvalue weighted by Crippen LogP contribution is 2.40. The Morgan fingerprint density at radius 2 is 2.19 bits per heavy atom. The van der Waals surface area contributed by atoms with Crippen LogP contribution < -0.4 is 5.32 Å². The molecule has 0 fully saturated rings. The maximum Gasteiger partial charge on any atom is 0.404 e. The van der Waals surface area contributed by atoms with Gasteiger partial charge >= 0.3 is 6.09 Å². The number of aromatic nitrogens is 3. The van der Waals surface area contributed by atoms with E-state index in [-0.39, 0.29) is 6.54 Å². The summed E-state index contributed by atoms with van der Waals surface area (Å²) in [5.41, 5.74) is 0.775. The smallest absolute Gasteiger partial charge is 0.404 e. The molecule has 3 aromatic rings. The van der Waals surface area contributed by atoms with Crippen molar-refractivity contribution in [1.82, 2.24) is 20.3 Å². The van der Waals surface area contributed by atoms with Crippen LogP contribution in [-0.4, -0.2) is 32.7 Å². The maximum absolute atomic E-state index is 14.1. The van der Waals surface area contributed by atoms with Gasteiger partial charge in [-0.2, -0.15) is 4.39 Å². The molecule has 6 nitrogen and oxygen atoms in total. The number of thiazole rings is 1. The van der Waals surface area contributed by atoms with E-state index in [1.54, 1.807) is 24.4 Å². The number of nitrogens with zero attached hydrogens (tertiary/aromatic N) is 3. The van der Waals surface area contributed by atoms with Gasteiger partial charge in [0.25, 0.3) is 0 Å². The van der Waals surface area contributed by atoms with Crippen LogP contribution in [0, 0.1) is 5.95 Å². The topological polar surface area (TPSA) is 88.0 Å². The van der Waals surface area contributed by atoms with E-state index >= 15 is 0 Å². The van der Waals surface area contributed by atoms with Gasteiger partial charge < -0.3 is 10.4 Å². The van der Waals surface area contributed by atoms with Crippen molar-refractivity contribution in [1.29, 1.82) is 0 Å². The zero-order valence-corrected chi connectivity index (χ0v) is 15.5. The molecule has 26 heavy (non-hydrogen) atoms. The lowest BCUT2D eigenvalue weighted by Crippen LogP contribution is -2.23. The van der Waals surface area contributed by atoms with Gasteiger partial charge in [0.05, 0.1) is 14.8 Å². The molecule has 0 bridgehead atoms. The van der Waals surface area contributed by atoms with E-state index in [1.807, 2.05) is 6.07 Å². The maximum atomic E-state index is 14.1. The Morgan fingerprint density at radius 3 is 2.88 bits per heavy atom. The third-order valence-corrected chi connectivity index (χ3v) is 5.67. The molecule has 134 valence electrons. The molecule has 0 aliphatic rings. The van der Waals surface area contributed by atoms with Crippen LogP contribution in [-0.2, 0) is 6.42 Å². The second-order valence-corrected chi connectivity index (χ2v) is 7.80. The van der Waals surface area contributed by atoms with Gasteiger partial charge in [0.15, 0.2) is 0 Å². The lowest BCUT2D eigenvalue weighted by Gasteiger charge is -2.03. The molecular formula is C16H12ClFN4O2S2. The molecule has 1 amide bonds. The van der Waals surface area contributed by atoms with Crippen molar-refractivity contribution in [3.05, 3.63) is 52.8 Å². The Hall–Kier alpha value is -2.23. The Bertz CT molecular complexity index is 921. The van der Waals surface area contributed by atoms with Gasteiger partial charge in [-0.3, -0.25) is 0 Å². The predicted molar refractivity (Wildman–Crippen MR) is 98.4 cm³/mol. The van der Waals surface area contributed by atoms with E-state index in [0.29, 0.717) is 27.8 Å². The Labute approximate surface area is 161 Å². The zero-order chi connectivity index (χ0) is 18.5. The van der Waals surface area contributed by atoms with Gasteiger partial charge in [-0.1, -0.05) is 23.4 Å². The third-order valence-electron chi connectivity index (χ3n) is 3.18. The number of amides is 1. The van der Waals surface area contributed by atoms with Gasteiger partial charge in [-0.15, -0.1) is 11.3 Å². The number of hydrogen-bond donors (Lipinski definition) is 2. The van der Waals surface area contributed by atoms with Crippen molar-refractivity contribution in [2.45, 2.75) is 15.5 Å². The minimum absolute atomic E-state index is 0.227. The highest BCUT2D eigenvalue weighted by molar-refractivity contribution is 8.01. The van der Waals surface area contributed by atoms with Crippen LogP contribution in [0.1, 0.15) is 5.01 Å². The van der Waals surface area contributed by atoms with Crippen LogP contribution in [0.25, 0.3) is 11.3 Å². The van der Waals surface area contributed by atoms with E-state index in [9.17, 15) is 9.18 Å². The van der Waals surface area contributed by atoms with E-state index in [4.69, 9.17) is 16.7 Å². The molecule has 0 aromatic carbocycles. The molecule has 0 atom stereocenters. The lowest BCUT2D eigenvalue weighted by molar-refractivity contribution is 0.194. The van der Waals surface area contributed by atoms with Gasteiger partial charge in [0.2, 0.25) is 5.95 Å². The summed E-state index contributed by atoms with van der Waals surface area (Å²) in [4.78, 5) is 23.6. The van der Waals surface area contributed by atoms with E-state index in [1.165, 1.54) is 29.3 Å². The average molecular weight is 411 g/mol. The molecule has 3 aromatic heterocycles. The molecule has 0 saturated carbocycles. The monoisotopic (exact) mass is 410 g/mol. The second-order valence-electron chi connectivity index (χ2n) is 4.99. The number of pyridine rings is 2. The first-order chi connectivity index (χ1) is 12.5. The Kier molecular flexibility index (Phi) is 6.02. The summed E-state index contributed by atoms with van der Waals surface area (Å²) in [6.45, 7) is 0.227. The summed E-state index contributed by atoms with van der Waals surface area (Å²) in [6, 6.07) is 6.74. The second kappa shape index (κ2) is 8.43. The first-order valence-corrected chi connectivity index (χ1v) is 9.41. The number of hydrogen-bond acceptors (Lipinski definition) is 6. The summed E-state index contributed by atoms with van der Waals surface area (Å²) in [6.07, 6.45) is 2.31. The van der Waals surface area contributed by atoms with Gasteiger partial charge in [-0.05, 0) is 24.3 Å². The fraction of sp³-hybridized carbons (Fsp3) is 0.125. The number of halogens is 2. The third kappa shape index (κ3) is 4.69. The highest BCUT2D eigenvalue weighted by atomic mass is 35.5. The fourth-order valence-electron chi connectivity index (χ4n) is 2.06. The van der Waals surface area contributed by atoms with Crippen LogP contribution in [0.2, 0.25) is 5.15 Å². The standard InChI is InChI=1S/C16H12ClFN4O2S2/c17-11-4-3-9(8-21-11)25-15-13(10-2-1-6-19-14(10)18)22-12(26-15)5-7-20-16(23)24/h1-4,6,8,20H,5,7H2,(H,23,24). The Balaban J connectivity index is 1.92. The minimum Gasteiger partial charge on any atom is -0.465 e. The SMILES string of the molecule is O=C(O)NCCc1nc(-c2cccnc2F)c(Sc2ccc(Cl)nc2)s1. The van der Waals surface area contributed by atoms with Crippen molar-refractivity contribution < 1.29 is 14.3 Å². The average Bonchev–Trinajstić information content (AvgIpc) is 2.99. The van der Waals surface area contributed by atoms with Crippen molar-refractivity contribution in [3.8, 4) is 11.3 Å². The fourth-order valence-corrected chi connectivity index (χ4v) is 4.43. The highest BCUT2D eigenvalue weighted by Gasteiger charge is 2.18. The number of carboxylic acid groups (broad SMARTS) is 1. The van der Waals surface area contributed by atoms with Crippen LogP contribution in [0.15, 0.2) is 45.8 Å². The number of carbonyl (C=O) groups is 1. The first kappa shape index (κ1) is 18.6. The van der Waals surface area contributed by atoms with Gasteiger partial charge in [0.1, 0.15) is 10.8 Å². The normalized spacial score (nSPS) is 10.7. The van der Waals surface area contributed by atoms with Crippen LogP contribution >= 0.6 is 34.7 Å². The van der Waals surface area contributed by atoms with Crippen molar-refractivity contribution >= 4 is 40.8 Å². The summed E-state index contributed by atoms with van der Waals surface area (Å²) >= 11 is 8.57. The number of nitrogens with one attached hydrogen (secondary N) is 1. The van der Waals surface area contributed by atoms with Crippen molar-refractivity contribution in [3.63, 3.8) is 0 Å². The lowest BCUT2D eigenvalue weighted by atomic mass is 10.2. The number of rotatable bonds is 6. The molecule has 0 radical (unpaired) electrons. The molecule has 0 aliphatic heterocycles. The van der Waals surface area contributed by atoms with Gasteiger partial charge in [0, 0.05) is 30.3 Å². The molecule has 0 unspecified atom stereocenters. The largest absolute Gasteiger partial charge is 0.465 e. The minimum atomic E-state index is -1.10. The molecule has 3 heterocycles. The molecular weight excluding hydrogens is 399 g/mol. The first-order valence-electron chi connectivity index (χ1n) is 7.39. The van der Waals surface area contributed by atoms with E-state index in [2.05, 4.69) is 20.3 Å². The summed E-state index contributed by atoms with van der Waals surface area (Å²) < 4.78 is 14.9. The molecule has 2 N–H and O–H groups in total. The quantitative estimate of drug-likeness (QED) is 0.587. The summed E-state index contributed by atoms with van der Waals surface area (Å²) in [5.74, 6) is -0.607. The zero-order valence-electron chi connectivity index (χ0n) is 13.1. The van der Waals surface area contributed by atoms with Crippen molar-refractivity contribution in [2.75, 3.05) is 6.54 Å². The summed E-state index contributed by atoms with van der Waals surface area (Å²) in [5, 5.41) is 12.1. The Morgan fingerprint density at radius 1 is 1.35 bits per heavy atom. The predicted octanol–water partition coefficient (Wildman–Crippen LogP) is 4.35. The molecule has 0 spiro atoms. The summed E-state index contributed by atoms with van der Waals surface area (Å²) in [7, 11) is 0. The molecule has 0 aliphatic carbocycles. The van der Waals surface area contributed by atoms with Crippen LogP contribution in [0.3, 0.4) is 0 Å². The van der Waals surface area contributed by atoms with Gasteiger partial charge in [-0.25, -0.2) is 19.7 Å². The van der Waals surface area contributed by atoms with Crippen LogP contribution in [0.4, 0.5) is 9.18 Å². The van der Waals surface area contributed by atoms with Crippen molar-refractivity contribution in [2.24, 2.45) is 0 Å². The van der Waals surface area contributed by atoms with Crippen LogP contribution in [0.5, 0.6) is 0 Å².